The van der Waals surface area contributed by atoms with Crippen molar-refractivity contribution < 1.29 is 9.53 Å². The summed E-state index contributed by atoms with van der Waals surface area (Å²) < 4.78 is 5.21. The highest BCUT2D eigenvalue weighted by Crippen LogP contribution is 2.18. The lowest BCUT2D eigenvalue weighted by Crippen LogP contribution is -2.09. The number of rotatable bonds is 4. The second-order valence-corrected chi connectivity index (χ2v) is 5.30. The Balaban J connectivity index is 2.06. The lowest BCUT2D eigenvalue weighted by molar-refractivity contribution is 0.0464. The molecule has 20 heavy (non-hydrogen) atoms. The van der Waals surface area contributed by atoms with Gasteiger partial charge in [0.15, 0.2) is 10.9 Å². The normalized spacial score (nSPS) is 10.3. The molecular formula is C14H13ClN2O2S. The highest BCUT2D eigenvalue weighted by atomic mass is 35.5. The fourth-order valence-electron chi connectivity index (χ4n) is 1.49. The molecule has 0 fully saturated rings. The van der Waals surface area contributed by atoms with Crippen LogP contribution in [0.4, 0.5) is 0 Å². The molecular weight excluding hydrogens is 296 g/mol. The Morgan fingerprint density at radius 3 is 2.70 bits per heavy atom. The summed E-state index contributed by atoms with van der Waals surface area (Å²) in [5, 5.41) is 0.674. The largest absolute Gasteiger partial charge is 0.456 e. The van der Waals surface area contributed by atoms with Crippen molar-refractivity contribution in [2.45, 2.75) is 18.7 Å². The van der Waals surface area contributed by atoms with Crippen LogP contribution in [0.25, 0.3) is 0 Å². The number of esters is 1. The van der Waals surface area contributed by atoms with Gasteiger partial charge in [-0.15, -0.1) is 0 Å². The maximum atomic E-state index is 12.0. The molecule has 0 radical (unpaired) electrons. The van der Waals surface area contributed by atoms with Gasteiger partial charge in [-0.2, -0.15) is 0 Å². The van der Waals surface area contributed by atoms with Crippen LogP contribution >= 0.6 is 23.4 Å². The first-order valence-corrected chi connectivity index (χ1v) is 7.49. The lowest BCUT2D eigenvalue weighted by atomic mass is 10.2. The molecule has 1 heterocycles. The molecule has 0 aliphatic heterocycles. The number of aromatic nitrogens is 2. The van der Waals surface area contributed by atoms with Gasteiger partial charge in [0, 0.05) is 0 Å². The molecule has 0 unspecified atom stereocenters. The minimum absolute atomic E-state index is 0.0955. The Labute approximate surface area is 126 Å². The highest BCUT2D eigenvalue weighted by Gasteiger charge is 2.15. The van der Waals surface area contributed by atoms with E-state index in [2.05, 4.69) is 9.97 Å². The van der Waals surface area contributed by atoms with Crippen molar-refractivity contribution in [3.63, 3.8) is 0 Å². The summed E-state index contributed by atoms with van der Waals surface area (Å²) in [6.45, 7) is 2.19. The first kappa shape index (κ1) is 14.8. The van der Waals surface area contributed by atoms with E-state index in [4.69, 9.17) is 16.3 Å². The van der Waals surface area contributed by atoms with Crippen LogP contribution in [0.2, 0.25) is 5.02 Å². The van der Waals surface area contributed by atoms with Crippen LogP contribution < -0.4 is 0 Å². The zero-order chi connectivity index (χ0) is 14.5. The first-order chi connectivity index (χ1) is 9.60. The van der Waals surface area contributed by atoms with E-state index in [1.54, 1.807) is 0 Å². The van der Waals surface area contributed by atoms with Crippen molar-refractivity contribution in [2.75, 3.05) is 6.26 Å². The zero-order valence-corrected chi connectivity index (χ0v) is 12.7. The number of carbonyl (C=O) groups excluding carboxylic acids is 1. The van der Waals surface area contributed by atoms with Gasteiger partial charge in [-0.1, -0.05) is 53.2 Å². The number of hydrogen-bond donors (Lipinski definition) is 0. The molecule has 0 saturated carbocycles. The Morgan fingerprint density at radius 2 is 2.05 bits per heavy atom. The van der Waals surface area contributed by atoms with Crippen LogP contribution in [0.1, 0.15) is 21.6 Å². The zero-order valence-electron chi connectivity index (χ0n) is 11.1. The summed E-state index contributed by atoms with van der Waals surface area (Å²) >= 11 is 7.25. The third-order valence-electron chi connectivity index (χ3n) is 2.59. The van der Waals surface area contributed by atoms with Gasteiger partial charge in [0.25, 0.3) is 0 Å². The van der Waals surface area contributed by atoms with Crippen LogP contribution in [0.5, 0.6) is 0 Å². The van der Waals surface area contributed by atoms with Gasteiger partial charge in [-0.3, -0.25) is 0 Å². The van der Waals surface area contributed by atoms with Crippen LogP contribution in [0.15, 0.2) is 35.6 Å². The van der Waals surface area contributed by atoms with Crippen molar-refractivity contribution in [2.24, 2.45) is 0 Å². The summed E-state index contributed by atoms with van der Waals surface area (Å²) in [6, 6.07) is 7.76. The fourth-order valence-corrected chi connectivity index (χ4v) is 2.00. The van der Waals surface area contributed by atoms with Gasteiger partial charge in [0.1, 0.15) is 6.61 Å². The van der Waals surface area contributed by atoms with E-state index < -0.39 is 5.97 Å². The molecule has 6 heteroatoms. The number of benzene rings is 1. The van der Waals surface area contributed by atoms with Gasteiger partial charge in [-0.05, 0) is 18.7 Å². The number of hydrogen-bond acceptors (Lipinski definition) is 5. The lowest BCUT2D eigenvalue weighted by Gasteiger charge is -2.06. The minimum atomic E-state index is -0.548. The summed E-state index contributed by atoms with van der Waals surface area (Å²) in [5.41, 5.74) is 2.17. The van der Waals surface area contributed by atoms with Crippen molar-refractivity contribution in [3.8, 4) is 0 Å². The van der Waals surface area contributed by atoms with Crippen molar-refractivity contribution in [3.05, 3.63) is 52.3 Å². The molecule has 104 valence electrons. The molecule has 0 N–H and O–H groups in total. The Bertz CT molecular complexity index is 617. The van der Waals surface area contributed by atoms with Crippen LogP contribution in [0.3, 0.4) is 0 Å². The average molecular weight is 309 g/mol. The molecule has 2 rings (SSSR count). The summed E-state index contributed by atoms with van der Waals surface area (Å²) in [7, 11) is 0. The van der Waals surface area contributed by atoms with E-state index in [0.29, 0.717) is 5.16 Å². The number of nitrogens with zero attached hydrogens (tertiary/aromatic N) is 2. The molecule has 2 aromatic rings. The molecule has 0 aliphatic carbocycles. The summed E-state index contributed by atoms with van der Waals surface area (Å²) in [5.74, 6) is -0.548. The minimum Gasteiger partial charge on any atom is -0.456 e. The standard InChI is InChI=1S/C14H13ClN2O2S/c1-9-3-5-10(6-4-9)8-19-13(18)12-11(15)7-16-14(17-12)20-2/h3-7H,8H2,1-2H3. The Kier molecular flexibility index (Phi) is 4.98. The molecule has 0 spiro atoms. The smallest absolute Gasteiger partial charge is 0.358 e. The van der Waals surface area contributed by atoms with E-state index in [-0.39, 0.29) is 17.3 Å². The monoisotopic (exact) mass is 308 g/mol. The van der Waals surface area contributed by atoms with E-state index in [9.17, 15) is 4.79 Å². The second kappa shape index (κ2) is 6.72. The molecule has 0 amide bonds. The van der Waals surface area contributed by atoms with E-state index >= 15 is 0 Å². The molecule has 0 aliphatic rings. The first-order valence-electron chi connectivity index (χ1n) is 5.89. The average Bonchev–Trinajstić information content (AvgIpc) is 2.47. The van der Waals surface area contributed by atoms with Crippen molar-refractivity contribution in [1.29, 1.82) is 0 Å². The van der Waals surface area contributed by atoms with Crippen molar-refractivity contribution >= 4 is 29.3 Å². The number of carbonyl (C=O) groups is 1. The summed E-state index contributed by atoms with van der Waals surface area (Å²) in [6.07, 6.45) is 3.23. The maximum absolute atomic E-state index is 12.0. The molecule has 0 bridgehead atoms. The number of halogens is 1. The van der Waals surface area contributed by atoms with E-state index in [1.807, 2.05) is 37.4 Å². The fraction of sp³-hybridized carbons (Fsp3) is 0.214. The van der Waals surface area contributed by atoms with Gasteiger partial charge in [0.05, 0.1) is 11.2 Å². The van der Waals surface area contributed by atoms with E-state index in [0.717, 1.165) is 11.1 Å². The van der Waals surface area contributed by atoms with Crippen LogP contribution in [-0.4, -0.2) is 22.2 Å². The van der Waals surface area contributed by atoms with Crippen LogP contribution in [-0.2, 0) is 11.3 Å². The predicted octanol–water partition coefficient (Wildman–Crippen LogP) is 3.52. The predicted molar refractivity (Wildman–Crippen MR) is 79.1 cm³/mol. The van der Waals surface area contributed by atoms with Gasteiger partial charge >= 0.3 is 5.97 Å². The van der Waals surface area contributed by atoms with Crippen LogP contribution in [0, 0.1) is 6.92 Å². The maximum Gasteiger partial charge on any atom is 0.358 e. The SMILES string of the molecule is CSc1ncc(Cl)c(C(=O)OCc2ccc(C)cc2)n1. The summed E-state index contributed by atoms with van der Waals surface area (Å²) in [4.78, 5) is 20.0. The number of thioether (sulfide) groups is 1. The van der Waals surface area contributed by atoms with Crippen molar-refractivity contribution in [1.82, 2.24) is 9.97 Å². The number of aryl methyl sites for hydroxylation is 1. The topological polar surface area (TPSA) is 52.1 Å². The molecule has 0 saturated heterocycles. The molecule has 1 aromatic carbocycles. The Morgan fingerprint density at radius 1 is 1.35 bits per heavy atom. The third kappa shape index (κ3) is 3.71. The van der Waals surface area contributed by atoms with Gasteiger partial charge in [0.2, 0.25) is 0 Å². The second-order valence-electron chi connectivity index (χ2n) is 4.11. The molecule has 0 atom stereocenters. The highest BCUT2D eigenvalue weighted by molar-refractivity contribution is 7.98. The van der Waals surface area contributed by atoms with E-state index in [1.165, 1.54) is 18.0 Å². The quantitative estimate of drug-likeness (QED) is 0.491. The third-order valence-corrected chi connectivity index (χ3v) is 3.43. The van der Waals surface area contributed by atoms with Gasteiger partial charge in [-0.25, -0.2) is 14.8 Å². The number of ether oxygens (including phenoxy) is 1. The van der Waals surface area contributed by atoms with Gasteiger partial charge < -0.3 is 4.74 Å². The molecule has 4 nitrogen and oxygen atoms in total. The Hall–Kier alpha value is -1.59. The molecule has 1 aromatic heterocycles.